The van der Waals surface area contributed by atoms with Crippen LogP contribution in [0, 0.1) is 6.92 Å². The van der Waals surface area contributed by atoms with Crippen molar-refractivity contribution in [2.24, 2.45) is 0 Å². The second kappa shape index (κ2) is 4.25. The highest BCUT2D eigenvalue weighted by Gasteiger charge is 2.27. The molecule has 0 aliphatic carbocycles. The Bertz CT molecular complexity index is 378. The standard InChI is InChI=1S/C11H17N3O2/c1-7-4-10(16-13-7)11(15)14-5-8(2)12-9(3)6-14/h4,8-9,12H,5-6H2,1-3H3. The van der Waals surface area contributed by atoms with Crippen LogP contribution >= 0.6 is 0 Å². The smallest absolute Gasteiger partial charge is 0.292 e. The second-order valence-corrected chi connectivity index (χ2v) is 4.51. The van der Waals surface area contributed by atoms with Crippen LogP contribution in [0.4, 0.5) is 0 Å². The van der Waals surface area contributed by atoms with Crippen molar-refractivity contribution >= 4 is 5.91 Å². The Morgan fingerprint density at radius 1 is 1.50 bits per heavy atom. The highest BCUT2D eigenvalue weighted by molar-refractivity contribution is 5.91. The van der Waals surface area contributed by atoms with Gasteiger partial charge in [-0.15, -0.1) is 0 Å². The number of aryl methyl sites for hydroxylation is 1. The number of carbonyl (C=O) groups excluding carboxylic acids is 1. The van der Waals surface area contributed by atoms with E-state index in [9.17, 15) is 4.79 Å². The van der Waals surface area contributed by atoms with Gasteiger partial charge in [0.05, 0.1) is 5.69 Å². The molecule has 16 heavy (non-hydrogen) atoms. The molecule has 2 unspecified atom stereocenters. The van der Waals surface area contributed by atoms with Crippen molar-refractivity contribution in [3.8, 4) is 0 Å². The van der Waals surface area contributed by atoms with Gasteiger partial charge in [-0.1, -0.05) is 5.16 Å². The summed E-state index contributed by atoms with van der Waals surface area (Å²) in [6.07, 6.45) is 0. The number of hydrogen-bond donors (Lipinski definition) is 1. The van der Waals surface area contributed by atoms with E-state index in [-0.39, 0.29) is 5.91 Å². The van der Waals surface area contributed by atoms with Gasteiger partial charge in [0.25, 0.3) is 5.91 Å². The van der Waals surface area contributed by atoms with Crippen LogP contribution in [0.3, 0.4) is 0 Å². The van der Waals surface area contributed by atoms with Crippen molar-refractivity contribution in [3.63, 3.8) is 0 Å². The molecular formula is C11H17N3O2. The number of aromatic nitrogens is 1. The molecule has 0 bridgehead atoms. The zero-order valence-electron chi connectivity index (χ0n) is 9.86. The predicted molar refractivity (Wildman–Crippen MR) is 59.2 cm³/mol. The molecule has 1 aromatic rings. The molecule has 0 aromatic carbocycles. The van der Waals surface area contributed by atoms with Crippen LogP contribution in [-0.2, 0) is 0 Å². The Labute approximate surface area is 94.8 Å². The fourth-order valence-electron chi connectivity index (χ4n) is 2.11. The quantitative estimate of drug-likeness (QED) is 0.765. The highest BCUT2D eigenvalue weighted by atomic mass is 16.5. The van der Waals surface area contributed by atoms with Gasteiger partial charge in [-0.05, 0) is 20.8 Å². The summed E-state index contributed by atoms with van der Waals surface area (Å²) in [6, 6.07) is 2.31. The van der Waals surface area contributed by atoms with Crippen LogP contribution < -0.4 is 5.32 Å². The third-order valence-electron chi connectivity index (χ3n) is 2.68. The van der Waals surface area contributed by atoms with E-state index in [0.29, 0.717) is 30.9 Å². The maximum atomic E-state index is 12.1. The first-order valence-electron chi connectivity index (χ1n) is 5.55. The third-order valence-corrected chi connectivity index (χ3v) is 2.68. The zero-order valence-corrected chi connectivity index (χ0v) is 9.86. The normalized spacial score (nSPS) is 25.8. The van der Waals surface area contributed by atoms with Crippen LogP contribution in [0.1, 0.15) is 30.1 Å². The Balaban J connectivity index is 2.09. The largest absolute Gasteiger partial charge is 0.351 e. The lowest BCUT2D eigenvalue weighted by atomic mass is 10.1. The van der Waals surface area contributed by atoms with Crippen molar-refractivity contribution in [2.75, 3.05) is 13.1 Å². The Kier molecular flexibility index (Phi) is 2.96. The summed E-state index contributed by atoms with van der Waals surface area (Å²) in [7, 11) is 0. The molecule has 0 spiro atoms. The van der Waals surface area contributed by atoms with E-state index in [4.69, 9.17) is 4.52 Å². The minimum Gasteiger partial charge on any atom is -0.351 e. The van der Waals surface area contributed by atoms with Gasteiger partial charge in [-0.3, -0.25) is 4.79 Å². The minimum atomic E-state index is -0.0687. The van der Waals surface area contributed by atoms with Crippen molar-refractivity contribution in [2.45, 2.75) is 32.9 Å². The van der Waals surface area contributed by atoms with E-state index in [0.717, 1.165) is 5.69 Å². The van der Waals surface area contributed by atoms with Gasteiger partial charge in [0.15, 0.2) is 0 Å². The molecule has 1 saturated heterocycles. The number of piperazine rings is 1. The summed E-state index contributed by atoms with van der Waals surface area (Å²) in [5.74, 6) is 0.264. The molecule has 1 aliphatic rings. The van der Waals surface area contributed by atoms with Crippen LogP contribution in [0.25, 0.3) is 0 Å². The maximum Gasteiger partial charge on any atom is 0.292 e. The molecule has 5 heteroatoms. The van der Waals surface area contributed by atoms with E-state index in [1.54, 1.807) is 6.07 Å². The van der Waals surface area contributed by atoms with Crippen molar-refractivity contribution in [1.82, 2.24) is 15.4 Å². The van der Waals surface area contributed by atoms with Gasteiger partial charge in [-0.25, -0.2) is 0 Å². The number of hydrogen-bond acceptors (Lipinski definition) is 4. The lowest BCUT2D eigenvalue weighted by Gasteiger charge is -2.35. The van der Waals surface area contributed by atoms with Crippen molar-refractivity contribution < 1.29 is 9.32 Å². The van der Waals surface area contributed by atoms with E-state index >= 15 is 0 Å². The molecule has 1 aliphatic heterocycles. The van der Waals surface area contributed by atoms with Crippen LogP contribution in [0.2, 0.25) is 0 Å². The molecule has 1 N–H and O–H groups in total. The average Bonchev–Trinajstić information content (AvgIpc) is 2.62. The zero-order chi connectivity index (χ0) is 11.7. The average molecular weight is 223 g/mol. The molecule has 2 rings (SSSR count). The van der Waals surface area contributed by atoms with E-state index in [1.807, 2.05) is 11.8 Å². The summed E-state index contributed by atoms with van der Waals surface area (Å²) >= 11 is 0. The van der Waals surface area contributed by atoms with E-state index in [1.165, 1.54) is 0 Å². The number of nitrogens with one attached hydrogen (secondary N) is 1. The molecule has 0 radical (unpaired) electrons. The molecule has 5 nitrogen and oxygen atoms in total. The summed E-state index contributed by atoms with van der Waals surface area (Å²) in [6.45, 7) is 7.37. The lowest BCUT2D eigenvalue weighted by molar-refractivity contribution is 0.0632. The predicted octanol–water partition coefficient (Wildman–Crippen LogP) is 0.805. The first-order chi connectivity index (χ1) is 7.56. The van der Waals surface area contributed by atoms with Crippen molar-refractivity contribution in [1.29, 1.82) is 0 Å². The maximum absolute atomic E-state index is 12.1. The second-order valence-electron chi connectivity index (χ2n) is 4.51. The van der Waals surface area contributed by atoms with Crippen LogP contribution in [-0.4, -0.2) is 41.1 Å². The molecule has 2 heterocycles. The Morgan fingerprint density at radius 2 is 2.12 bits per heavy atom. The number of rotatable bonds is 1. The topological polar surface area (TPSA) is 58.4 Å². The van der Waals surface area contributed by atoms with Crippen molar-refractivity contribution in [3.05, 3.63) is 17.5 Å². The monoisotopic (exact) mass is 223 g/mol. The lowest BCUT2D eigenvalue weighted by Crippen LogP contribution is -2.55. The summed E-state index contributed by atoms with van der Waals surface area (Å²) in [4.78, 5) is 13.9. The van der Waals surface area contributed by atoms with E-state index in [2.05, 4.69) is 24.3 Å². The van der Waals surface area contributed by atoms with E-state index < -0.39 is 0 Å². The molecule has 1 fully saturated rings. The summed E-state index contributed by atoms with van der Waals surface area (Å²) in [5.41, 5.74) is 0.736. The minimum absolute atomic E-state index is 0.0687. The Hall–Kier alpha value is -1.36. The van der Waals surface area contributed by atoms with Gasteiger partial charge in [0.1, 0.15) is 0 Å². The number of nitrogens with zero attached hydrogens (tertiary/aromatic N) is 2. The molecule has 88 valence electrons. The van der Waals surface area contributed by atoms with Crippen LogP contribution in [0.15, 0.2) is 10.6 Å². The fraction of sp³-hybridized carbons (Fsp3) is 0.636. The molecule has 0 saturated carbocycles. The van der Waals surface area contributed by atoms with Gasteiger partial charge in [-0.2, -0.15) is 0 Å². The highest BCUT2D eigenvalue weighted by Crippen LogP contribution is 2.11. The first-order valence-corrected chi connectivity index (χ1v) is 5.55. The number of carbonyl (C=O) groups is 1. The third kappa shape index (κ3) is 2.24. The first kappa shape index (κ1) is 11.1. The molecule has 2 atom stereocenters. The number of amides is 1. The molecular weight excluding hydrogens is 206 g/mol. The van der Waals surface area contributed by atoms with Gasteiger partial charge in [0.2, 0.25) is 5.76 Å². The summed E-state index contributed by atoms with van der Waals surface area (Å²) in [5, 5.41) is 7.11. The van der Waals surface area contributed by atoms with Gasteiger partial charge in [0, 0.05) is 31.2 Å². The van der Waals surface area contributed by atoms with Gasteiger partial charge >= 0.3 is 0 Å². The Morgan fingerprint density at radius 3 is 2.62 bits per heavy atom. The van der Waals surface area contributed by atoms with Crippen LogP contribution in [0.5, 0.6) is 0 Å². The molecule has 1 amide bonds. The van der Waals surface area contributed by atoms with Gasteiger partial charge < -0.3 is 14.7 Å². The summed E-state index contributed by atoms with van der Waals surface area (Å²) < 4.78 is 4.99. The molecule has 1 aromatic heterocycles. The SMILES string of the molecule is Cc1cc(C(=O)N2CC(C)NC(C)C2)on1. The fourth-order valence-corrected chi connectivity index (χ4v) is 2.11.